The number of nitrogens with one attached hydrogen (secondary N) is 1. The Hall–Kier alpha value is -2.13. The van der Waals surface area contributed by atoms with Crippen molar-refractivity contribution in [3.63, 3.8) is 0 Å². The van der Waals surface area contributed by atoms with Gasteiger partial charge in [-0.15, -0.1) is 11.3 Å². The van der Waals surface area contributed by atoms with E-state index in [1.807, 2.05) is 0 Å². The molecule has 1 aliphatic rings. The molecule has 0 fully saturated rings. The topological polar surface area (TPSA) is 88.8 Å². The number of thiophene rings is 1. The minimum absolute atomic E-state index is 0.0206. The molecule has 138 valence electrons. The van der Waals surface area contributed by atoms with Crippen LogP contribution in [0.3, 0.4) is 0 Å². The standard InChI is InChI=1S/C17H17BrN2O5S/c1-3-24-17(23)14-10-6-7-20(9(2)21)8-12(10)26-16(14)19-15(22)11-4-5-13(18)25-11/h4-5H,3,6-8H2,1-2H3,(H,19,22). The van der Waals surface area contributed by atoms with Crippen LogP contribution in [0.4, 0.5) is 5.00 Å². The quantitative estimate of drug-likeness (QED) is 0.735. The van der Waals surface area contributed by atoms with Crippen molar-refractivity contribution in [3.05, 3.63) is 38.6 Å². The fourth-order valence-electron chi connectivity index (χ4n) is 2.78. The summed E-state index contributed by atoms with van der Waals surface area (Å²) in [5.74, 6) is -0.823. The van der Waals surface area contributed by atoms with Gasteiger partial charge >= 0.3 is 5.97 Å². The highest BCUT2D eigenvalue weighted by molar-refractivity contribution is 9.10. The van der Waals surface area contributed by atoms with Crippen molar-refractivity contribution in [1.29, 1.82) is 0 Å². The molecule has 0 radical (unpaired) electrons. The van der Waals surface area contributed by atoms with Gasteiger partial charge in [0, 0.05) is 18.3 Å². The molecule has 1 aliphatic heterocycles. The average Bonchev–Trinajstić information content (AvgIpc) is 3.17. The molecular weight excluding hydrogens is 424 g/mol. The molecule has 0 spiro atoms. The molecule has 0 bridgehead atoms. The number of carbonyl (C=O) groups excluding carboxylic acids is 3. The molecule has 0 aliphatic carbocycles. The largest absolute Gasteiger partial charge is 0.462 e. The van der Waals surface area contributed by atoms with E-state index in [1.165, 1.54) is 24.3 Å². The van der Waals surface area contributed by atoms with Gasteiger partial charge in [0.05, 0.1) is 18.7 Å². The molecule has 2 aromatic heterocycles. The van der Waals surface area contributed by atoms with Gasteiger partial charge in [-0.2, -0.15) is 0 Å². The van der Waals surface area contributed by atoms with Crippen molar-refractivity contribution in [2.75, 3.05) is 18.5 Å². The number of anilines is 1. The van der Waals surface area contributed by atoms with Crippen molar-refractivity contribution in [2.45, 2.75) is 26.8 Å². The van der Waals surface area contributed by atoms with E-state index < -0.39 is 11.9 Å². The number of hydrogen-bond donors (Lipinski definition) is 1. The molecule has 0 atom stereocenters. The van der Waals surface area contributed by atoms with Crippen LogP contribution < -0.4 is 5.32 Å². The second-order valence-electron chi connectivity index (χ2n) is 5.68. The maximum Gasteiger partial charge on any atom is 0.341 e. The van der Waals surface area contributed by atoms with E-state index in [4.69, 9.17) is 9.15 Å². The first-order valence-corrected chi connectivity index (χ1v) is 9.65. The summed E-state index contributed by atoms with van der Waals surface area (Å²) in [5.41, 5.74) is 1.20. The zero-order valence-electron chi connectivity index (χ0n) is 14.3. The van der Waals surface area contributed by atoms with E-state index in [1.54, 1.807) is 17.9 Å². The number of esters is 1. The van der Waals surface area contributed by atoms with Gasteiger partial charge in [-0.3, -0.25) is 9.59 Å². The van der Waals surface area contributed by atoms with E-state index in [-0.39, 0.29) is 18.3 Å². The Kier molecular flexibility index (Phi) is 5.47. The first-order chi connectivity index (χ1) is 12.4. The van der Waals surface area contributed by atoms with Crippen molar-refractivity contribution in [2.24, 2.45) is 0 Å². The number of furan rings is 1. The number of halogens is 1. The summed E-state index contributed by atoms with van der Waals surface area (Å²) in [6.07, 6.45) is 0.543. The molecule has 2 aromatic rings. The molecule has 0 aromatic carbocycles. The Morgan fingerprint density at radius 3 is 2.77 bits per heavy atom. The van der Waals surface area contributed by atoms with Crippen LogP contribution in [0, 0.1) is 0 Å². The zero-order chi connectivity index (χ0) is 18.8. The fraction of sp³-hybridized carbons (Fsp3) is 0.353. The van der Waals surface area contributed by atoms with Crippen LogP contribution in [-0.4, -0.2) is 35.8 Å². The second-order valence-corrected chi connectivity index (χ2v) is 7.56. The third-order valence-corrected chi connectivity index (χ3v) is 5.56. The lowest BCUT2D eigenvalue weighted by atomic mass is 10.0. The molecule has 0 unspecified atom stereocenters. The number of carbonyl (C=O) groups is 3. The fourth-order valence-corrected chi connectivity index (χ4v) is 4.33. The molecule has 9 heteroatoms. The van der Waals surface area contributed by atoms with Crippen LogP contribution in [0.1, 0.15) is 45.2 Å². The van der Waals surface area contributed by atoms with Crippen LogP contribution >= 0.6 is 27.3 Å². The van der Waals surface area contributed by atoms with Gasteiger partial charge in [-0.05, 0) is 47.0 Å². The third kappa shape index (κ3) is 3.68. The van der Waals surface area contributed by atoms with E-state index >= 15 is 0 Å². The van der Waals surface area contributed by atoms with Crippen LogP contribution in [-0.2, 0) is 22.5 Å². The Bertz CT molecular complexity index is 873. The van der Waals surface area contributed by atoms with Gasteiger partial charge in [-0.25, -0.2) is 4.79 Å². The summed E-state index contributed by atoms with van der Waals surface area (Å²) in [6.45, 7) is 4.44. The first kappa shape index (κ1) is 18.7. The van der Waals surface area contributed by atoms with Crippen LogP contribution in [0.15, 0.2) is 21.2 Å². The molecule has 3 rings (SSSR count). The second kappa shape index (κ2) is 7.63. The molecule has 0 saturated carbocycles. The summed E-state index contributed by atoms with van der Waals surface area (Å²) in [5, 5.41) is 3.15. The Morgan fingerprint density at radius 1 is 1.38 bits per heavy atom. The molecule has 7 nitrogen and oxygen atoms in total. The highest BCUT2D eigenvalue weighted by Gasteiger charge is 2.30. The third-order valence-electron chi connectivity index (χ3n) is 4.01. The number of nitrogens with zero attached hydrogens (tertiary/aromatic N) is 1. The summed E-state index contributed by atoms with van der Waals surface area (Å²) in [7, 11) is 0. The lowest BCUT2D eigenvalue weighted by molar-refractivity contribution is -0.129. The van der Waals surface area contributed by atoms with Gasteiger partial charge in [0.15, 0.2) is 10.4 Å². The van der Waals surface area contributed by atoms with Crippen molar-refractivity contribution >= 4 is 50.1 Å². The van der Waals surface area contributed by atoms with Crippen LogP contribution in [0.25, 0.3) is 0 Å². The first-order valence-electron chi connectivity index (χ1n) is 8.04. The van der Waals surface area contributed by atoms with Crippen LogP contribution in [0.5, 0.6) is 0 Å². The molecule has 3 heterocycles. The predicted molar refractivity (Wildman–Crippen MR) is 99.4 cm³/mol. The highest BCUT2D eigenvalue weighted by atomic mass is 79.9. The molecule has 26 heavy (non-hydrogen) atoms. The van der Waals surface area contributed by atoms with Gasteiger partial charge in [0.1, 0.15) is 5.00 Å². The molecule has 2 amide bonds. The number of amides is 2. The van der Waals surface area contributed by atoms with E-state index in [2.05, 4.69) is 21.2 Å². The minimum Gasteiger partial charge on any atom is -0.462 e. The van der Waals surface area contributed by atoms with E-state index in [0.29, 0.717) is 34.7 Å². The van der Waals surface area contributed by atoms with Gasteiger partial charge < -0.3 is 19.4 Å². The Labute approximate surface area is 162 Å². The van der Waals surface area contributed by atoms with Crippen LogP contribution in [0.2, 0.25) is 0 Å². The van der Waals surface area contributed by atoms with Gasteiger partial charge in [-0.1, -0.05) is 0 Å². The minimum atomic E-state index is -0.475. The Balaban J connectivity index is 1.94. The normalized spacial score (nSPS) is 13.3. The van der Waals surface area contributed by atoms with Gasteiger partial charge in [0.25, 0.3) is 5.91 Å². The zero-order valence-corrected chi connectivity index (χ0v) is 16.7. The number of hydrogen-bond acceptors (Lipinski definition) is 6. The number of rotatable bonds is 4. The SMILES string of the molecule is CCOC(=O)c1c(NC(=O)c2ccc(Br)o2)sc2c1CCN(C(C)=O)C2. The maximum absolute atomic E-state index is 12.5. The van der Waals surface area contributed by atoms with Crippen molar-refractivity contribution < 1.29 is 23.5 Å². The molecular formula is C17H17BrN2O5S. The summed E-state index contributed by atoms with van der Waals surface area (Å²) < 4.78 is 10.9. The van der Waals surface area contributed by atoms with Crippen molar-refractivity contribution in [1.82, 2.24) is 4.90 Å². The average molecular weight is 441 g/mol. The number of ether oxygens (including phenoxy) is 1. The van der Waals surface area contributed by atoms with Crippen molar-refractivity contribution in [3.8, 4) is 0 Å². The summed E-state index contributed by atoms with van der Waals surface area (Å²) in [4.78, 5) is 39.1. The van der Waals surface area contributed by atoms with Gasteiger partial charge in [0.2, 0.25) is 5.91 Å². The smallest absolute Gasteiger partial charge is 0.341 e. The van der Waals surface area contributed by atoms with E-state index in [0.717, 1.165) is 10.4 Å². The lowest BCUT2D eigenvalue weighted by Crippen LogP contribution is -2.34. The summed E-state index contributed by atoms with van der Waals surface area (Å²) >= 11 is 4.44. The lowest BCUT2D eigenvalue weighted by Gasteiger charge is -2.25. The monoisotopic (exact) mass is 440 g/mol. The number of fused-ring (bicyclic) bond motifs is 1. The molecule has 0 saturated heterocycles. The Morgan fingerprint density at radius 2 is 2.15 bits per heavy atom. The molecule has 1 N–H and O–H groups in total. The predicted octanol–water partition coefficient (Wildman–Crippen LogP) is 3.44. The maximum atomic E-state index is 12.5. The summed E-state index contributed by atoms with van der Waals surface area (Å²) in [6, 6.07) is 3.15. The highest BCUT2D eigenvalue weighted by Crippen LogP contribution is 2.38. The van der Waals surface area contributed by atoms with E-state index in [9.17, 15) is 14.4 Å².